The second-order valence-electron chi connectivity index (χ2n) is 5.78. The third-order valence-electron chi connectivity index (χ3n) is 3.91. The monoisotopic (exact) mass is 355 g/mol. The Morgan fingerprint density at radius 2 is 1.65 bits per heavy atom. The molecule has 0 radical (unpaired) electrons. The predicted octanol–water partition coefficient (Wildman–Crippen LogP) is 2.99. The number of methoxy groups -OCH3 is 1. The van der Waals surface area contributed by atoms with Crippen molar-refractivity contribution < 1.29 is 24.2 Å². The molecule has 2 rings (SSSR count). The van der Waals surface area contributed by atoms with Crippen molar-refractivity contribution in [2.75, 3.05) is 7.11 Å². The maximum Gasteiger partial charge on any atom is 0.305 e. The quantitative estimate of drug-likeness (QED) is 0.675. The molecule has 0 spiro atoms. The summed E-state index contributed by atoms with van der Waals surface area (Å²) in [6.07, 6.45) is -0.178. The number of carboxylic acid groups (broad SMARTS) is 1. The first-order valence-corrected chi connectivity index (χ1v) is 8.23. The van der Waals surface area contributed by atoms with Crippen LogP contribution in [0.4, 0.5) is 0 Å². The van der Waals surface area contributed by atoms with Gasteiger partial charge in [-0.3, -0.25) is 14.4 Å². The fourth-order valence-corrected chi connectivity index (χ4v) is 2.53. The molecule has 0 saturated carbocycles. The summed E-state index contributed by atoms with van der Waals surface area (Å²) < 4.78 is 5.04. The van der Waals surface area contributed by atoms with Crippen molar-refractivity contribution in [1.82, 2.24) is 5.32 Å². The third-order valence-corrected chi connectivity index (χ3v) is 3.91. The van der Waals surface area contributed by atoms with Crippen molar-refractivity contribution in [3.05, 3.63) is 65.7 Å². The molecule has 0 heterocycles. The summed E-state index contributed by atoms with van der Waals surface area (Å²) in [5.41, 5.74) is 1.22. The van der Waals surface area contributed by atoms with E-state index in [0.717, 1.165) is 0 Å². The lowest BCUT2D eigenvalue weighted by Gasteiger charge is -2.17. The van der Waals surface area contributed by atoms with Gasteiger partial charge in [0.1, 0.15) is 5.75 Å². The van der Waals surface area contributed by atoms with Gasteiger partial charge in [0, 0.05) is 18.4 Å². The normalized spacial score (nSPS) is 11.4. The number of benzene rings is 2. The van der Waals surface area contributed by atoms with Gasteiger partial charge in [-0.05, 0) is 29.8 Å². The van der Waals surface area contributed by atoms with Crippen LogP contribution < -0.4 is 10.1 Å². The molecule has 0 aliphatic rings. The number of aliphatic carboxylic acids is 1. The zero-order chi connectivity index (χ0) is 18.9. The van der Waals surface area contributed by atoms with Crippen LogP contribution in [0.2, 0.25) is 0 Å². The summed E-state index contributed by atoms with van der Waals surface area (Å²) in [5.74, 6) is -0.869. The van der Waals surface area contributed by atoms with E-state index in [4.69, 9.17) is 9.84 Å². The zero-order valence-electron chi connectivity index (χ0n) is 14.5. The molecule has 1 amide bonds. The van der Waals surface area contributed by atoms with Crippen LogP contribution in [-0.2, 0) is 9.59 Å². The molecule has 136 valence electrons. The first kappa shape index (κ1) is 19.2. The molecule has 0 aliphatic carbocycles. The van der Waals surface area contributed by atoms with Gasteiger partial charge in [-0.1, -0.05) is 30.3 Å². The summed E-state index contributed by atoms with van der Waals surface area (Å²) in [5, 5.41) is 11.7. The van der Waals surface area contributed by atoms with Crippen LogP contribution >= 0.6 is 0 Å². The van der Waals surface area contributed by atoms with Crippen molar-refractivity contribution in [1.29, 1.82) is 0 Å². The Morgan fingerprint density at radius 3 is 2.23 bits per heavy atom. The fraction of sp³-hybridized carbons (Fsp3) is 0.250. The maximum atomic E-state index is 12.2. The number of hydrogen-bond acceptors (Lipinski definition) is 4. The van der Waals surface area contributed by atoms with Gasteiger partial charge in [-0.2, -0.15) is 0 Å². The molecule has 0 aromatic heterocycles. The highest BCUT2D eigenvalue weighted by Gasteiger charge is 2.18. The molecular weight excluding hydrogens is 334 g/mol. The van der Waals surface area contributed by atoms with Crippen LogP contribution in [0.15, 0.2) is 54.6 Å². The van der Waals surface area contributed by atoms with E-state index < -0.39 is 12.0 Å². The number of nitrogens with one attached hydrogen (secondary N) is 1. The van der Waals surface area contributed by atoms with Crippen LogP contribution in [0.5, 0.6) is 5.75 Å². The van der Waals surface area contributed by atoms with Gasteiger partial charge in [0.2, 0.25) is 5.91 Å². The highest BCUT2D eigenvalue weighted by molar-refractivity contribution is 5.98. The standard InChI is InChI=1S/C20H21NO5/c1-26-16-9-7-15(8-10-16)18(22)11-12-19(23)21-17(13-20(24)25)14-5-3-2-4-6-14/h2-10,17H,11-13H2,1H3,(H,21,23)(H,24,25). The number of ketones is 1. The topological polar surface area (TPSA) is 92.7 Å². The van der Waals surface area contributed by atoms with E-state index in [1.165, 1.54) is 0 Å². The van der Waals surface area contributed by atoms with Crippen LogP contribution in [0, 0.1) is 0 Å². The average molecular weight is 355 g/mol. The molecule has 2 aromatic rings. The smallest absolute Gasteiger partial charge is 0.305 e. The number of Topliss-reactive ketones (excluding diaryl/α,β-unsaturated/α-hetero) is 1. The molecule has 0 fully saturated rings. The summed E-state index contributed by atoms with van der Waals surface area (Å²) in [4.78, 5) is 35.4. The molecule has 26 heavy (non-hydrogen) atoms. The van der Waals surface area contributed by atoms with E-state index in [1.54, 1.807) is 55.6 Å². The third kappa shape index (κ3) is 5.73. The first-order chi connectivity index (χ1) is 12.5. The molecule has 2 aromatic carbocycles. The highest BCUT2D eigenvalue weighted by Crippen LogP contribution is 2.17. The van der Waals surface area contributed by atoms with Gasteiger partial charge in [0.05, 0.1) is 19.6 Å². The molecule has 6 heteroatoms. The van der Waals surface area contributed by atoms with Gasteiger partial charge >= 0.3 is 5.97 Å². The maximum absolute atomic E-state index is 12.2. The molecule has 6 nitrogen and oxygen atoms in total. The van der Waals surface area contributed by atoms with Crippen LogP contribution in [0.1, 0.15) is 41.2 Å². The molecule has 1 unspecified atom stereocenters. The molecular formula is C20H21NO5. The minimum absolute atomic E-state index is 0.00614. The summed E-state index contributed by atoms with van der Waals surface area (Å²) in [6.45, 7) is 0. The Morgan fingerprint density at radius 1 is 1.00 bits per heavy atom. The van der Waals surface area contributed by atoms with Crippen molar-refractivity contribution >= 4 is 17.7 Å². The van der Waals surface area contributed by atoms with Crippen molar-refractivity contribution in [3.8, 4) is 5.75 Å². The first-order valence-electron chi connectivity index (χ1n) is 8.23. The number of carbonyl (C=O) groups is 3. The molecule has 2 N–H and O–H groups in total. The summed E-state index contributed by atoms with van der Waals surface area (Å²) in [6, 6.07) is 14.9. The van der Waals surface area contributed by atoms with Crippen molar-refractivity contribution in [2.45, 2.75) is 25.3 Å². The summed E-state index contributed by atoms with van der Waals surface area (Å²) in [7, 11) is 1.54. The Kier molecular flexibility index (Phi) is 6.91. The summed E-state index contributed by atoms with van der Waals surface area (Å²) >= 11 is 0. The number of amides is 1. The van der Waals surface area contributed by atoms with Crippen LogP contribution in [0.3, 0.4) is 0 Å². The highest BCUT2D eigenvalue weighted by atomic mass is 16.5. The Balaban J connectivity index is 1.92. The van der Waals surface area contributed by atoms with Crippen LogP contribution in [-0.4, -0.2) is 29.9 Å². The van der Waals surface area contributed by atoms with Crippen molar-refractivity contribution in [2.24, 2.45) is 0 Å². The Hall–Kier alpha value is -3.15. The van der Waals surface area contributed by atoms with E-state index in [1.807, 2.05) is 6.07 Å². The fourth-order valence-electron chi connectivity index (χ4n) is 2.53. The van der Waals surface area contributed by atoms with E-state index in [-0.39, 0.29) is 31.0 Å². The minimum Gasteiger partial charge on any atom is -0.497 e. The molecule has 0 aliphatic heterocycles. The lowest BCUT2D eigenvalue weighted by molar-refractivity contribution is -0.137. The van der Waals surface area contributed by atoms with Gasteiger partial charge in [0.25, 0.3) is 0 Å². The zero-order valence-corrected chi connectivity index (χ0v) is 14.5. The lowest BCUT2D eigenvalue weighted by Crippen LogP contribution is -2.30. The molecule has 1 atom stereocenters. The lowest BCUT2D eigenvalue weighted by atomic mass is 10.0. The Labute approximate surface area is 151 Å². The SMILES string of the molecule is COc1ccc(C(=O)CCC(=O)NC(CC(=O)O)c2ccccc2)cc1. The van der Waals surface area contributed by atoms with Gasteiger partial charge in [-0.25, -0.2) is 0 Å². The second kappa shape index (κ2) is 9.36. The minimum atomic E-state index is -1.01. The predicted molar refractivity (Wildman–Crippen MR) is 96.1 cm³/mol. The number of ether oxygens (including phenoxy) is 1. The number of rotatable bonds is 9. The Bertz CT molecular complexity index is 756. The van der Waals surface area contributed by atoms with E-state index in [9.17, 15) is 14.4 Å². The molecule has 0 bridgehead atoms. The van der Waals surface area contributed by atoms with Gasteiger partial charge in [0.15, 0.2) is 5.78 Å². The van der Waals surface area contributed by atoms with Gasteiger partial charge in [-0.15, -0.1) is 0 Å². The van der Waals surface area contributed by atoms with Gasteiger partial charge < -0.3 is 15.2 Å². The second-order valence-corrected chi connectivity index (χ2v) is 5.78. The van der Waals surface area contributed by atoms with Crippen molar-refractivity contribution in [3.63, 3.8) is 0 Å². The van der Waals surface area contributed by atoms with E-state index in [2.05, 4.69) is 5.32 Å². The molecule has 0 saturated heterocycles. The number of hydrogen-bond donors (Lipinski definition) is 2. The van der Waals surface area contributed by atoms with Crippen LogP contribution in [0.25, 0.3) is 0 Å². The number of carboxylic acids is 1. The largest absolute Gasteiger partial charge is 0.497 e. The van der Waals surface area contributed by atoms with E-state index >= 15 is 0 Å². The van der Waals surface area contributed by atoms with E-state index in [0.29, 0.717) is 16.9 Å². The average Bonchev–Trinajstić information content (AvgIpc) is 2.66. The number of carbonyl (C=O) groups excluding carboxylic acids is 2.